The van der Waals surface area contributed by atoms with Crippen molar-refractivity contribution in [1.29, 1.82) is 0 Å². The van der Waals surface area contributed by atoms with E-state index in [1.165, 1.54) is 13.2 Å². The third-order valence-corrected chi connectivity index (χ3v) is 2.54. The predicted octanol–water partition coefficient (Wildman–Crippen LogP) is 1.13. The summed E-state index contributed by atoms with van der Waals surface area (Å²) in [7, 11) is 1.41. The molecule has 2 N–H and O–H groups in total. The van der Waals surface area contributed by atoms with Crippen molar-refractivity contribution in [3.8, 4) is 5.75 Å². The number of carbonyl (C=O) groups excluding carboxylic acids is 1. The topological polar surface area (TPSA) is 50.4 Å². The van der Waals surface area contributed by atoms with Gasteiger partial charge in [-0.15, -0.1) is 0 Å². The van der Waals surface area contributed by atoms with Crippen LogP contribution >= 0.6 is 0 Å². The molecule has 1 aromatic carbocycles. The molecule has 1 saturated heterocycles. The first kappa shape index (κ1) is 10.7. The van der Waals surface area contributed by atoms with Crippen LogP contribution in [0, 0.1) is 5.82 Å². The van der Waals surface area contributed by atoms with Gasteiger partial charge in [0, 0.05) is 18.3 Å². The second-order valence-electron chi connectivity index (χ2n) is 3.63. The second-order valence-corrected chi connectivity index (χ2v) is 3.63. The molecule has 1 aromatic rings. The van der Waals surface area contributed by atoms with Crippen molar-refractivity contribution in [2.45, 2.75) is 12.5 Å². The number of hydrogen-bond acceptors (Lipinski definition) is 3. The molecule has 2 rings (SSSR count). The summed E-state index contributed by atoms with van der Waals surface area (Å²) in [5, 5.41) is 5.76. The number of anilines is 1. The SMILES string of the molecule is COc1cc(NC2CCNC2=O)ccc1F. The maximum atomic E-state index is 13.1. The number of amides is 1. The Hall–Kier alpha value is -1.78. The molecular weight excluding hydrogens is 211 g/mol. The molecule has 1 atom stereocenters. The average Bonchev–Trinajstić information content (AvgIpc) is 2.67. The predicted molar refractivity (Wildman–Crippen MR) is 58.0 cm³/mol. The van der Waals surface area contributed by atoms with Crippen LogP contribution in [-0.4, -0.2) is 25.6 Å². The zero-order chi connectivity index (χ0) is 11.5. The van der Waals surface area contributed by atoms with E-state index in [0.29, 0.717) is 12.2 Å². The standard InChI is InChI=1S/C11H13FN2O2/c1-16-10-6-7(2-3-8(10)12)14-9-4-5-13-11(9)15/h2-3,6,9,14H,4-5H2,1H3,(H,13,15). The summed E-state index contributed by atoms with van der Waals surface area (Å²) < 4.78 is 18.0. The van der Waals surface area contributed by atoms with Crippen molar-refractivity contribution < 1.29 is 13.9 Å². The molecule has 1 heterocycles. The van der Waals surface area contributed by atoms with Gasteiger partial charge in [-0.1, -0.05) is 0 Å². The highest BCUT2D eigenvalue weighted by Crippen LogP contribution is 2.22. The summed E-state index contributed by atoms with van der Waals surface area (Å²) in [6, 6.07) is 4.20. The molecule has 0 aromatic heterocycles. The highest BCUT2D eigenvalue weighted by molar-refractivity contribution is 5.86. The molecule has 86 valence electrons. The molecule has 0 bridgehead atoms. The van der Waals surface area contributed by atoms with E-state index in [2.05, 4.69) is 10.6 Å². The molecule has 1 unspecified atom stereocenters. The van der Waals surface area contributed by atoms with Gasteiger partial charge >= 0.3 is 0 Å². The molecule has 0 aliphatic carbocycles. The Bertz CT molecular complexity index is 409. The van der Waals surface area contributed by atoms with E-state index in [1.807, 2.05) is 0 Å². The third-order valence-electron chi connectivity index (χ3n) is 2.54. The molecule has 1 aliphatic rings. The van der Waals surface area contributed by atoms with E-state index in [0.717, 1.165) is 6.42 Å². The van der Waals surface area contributed by atoms with Gasteiger partial charge < -0.3 is 15.4 Å². The Kier molecular flexibility index (Phi) is 2.94. The number of halogens is 1. The lowest BCUT2D eigenvalue weighted by molar-refractivity contribution is -0.119. The van der Waals surface area contributed by atoms with Crippen molar-refractivity contribution in [1.82, 2.24) is 5.32 Å². The van der Waals surface area contributed by atoms with Crippen LogP contribution in [0.4, 0.5) is 10.1 Å². The summed E-state index contributed by atoms with van der Waals surface area (Å²) in [4.78, 5) is 11.3. The highest BCUT2D eigenvalue weighted by atomic mass is 19.1. The maximum absolute atomic E-state index is 13.1. The molecule has 1 aliphatic heterocycles. The minimum absolute atomic E-state index is 0.0247. The van der Waals surface area contributed by atoms with E-state index >= 15 is 0 Å². The lowest BCUT2D eigenvalue weighted by Gasteiger charge is -2.12. The van der Waals surface area contributed by atoms with Crippen LogP contribution in [0.3, 0.4) is 0 Å². The fraction of sp³-hybridized carbons (Fsp3) is 0.364. The summed E-state index contributed by atoms with van der Waals surface area (Å²) in [6.45, 7) is 0.675. The molecule has 4 nitrogen and oxygen atoms in total. The monoisotopic (exact) mass is 224 g/mol. The van der Waals surface area contributed by atoms with Crippen molar-refractivity contribution in [2.24, 2.45) is 0 Å². The smallest absolute Gasteiger partial charge is 0.242 e. The summed E-state index contributed by atoms with van der Waals surface area (Å²) in [6.07, 6.45) is 0.735. The fourth-order valence-electron chi connectivity index (χ4n) is 1.68. The van der Waals surface area contributed by atoms with E-state index in [1.54, 1.807) is 12.1 Å². The van der Waals surface area contributed by atoms with Crippen LogP contribution in [-0.2, 0) is 4.79 Å². The number of methoxy groups -OCH3 is 1. The summed E-state index contributed by atoms with van der Waals surface area (Å²) in [5.74, 6) is -0.268. The molecule has 0 spiro atoms. The van der Waals surface area contributed by atoms with E-state index in [9.17, 15) is 9.18 Å². The number of ether oxygens (including phenoxy) is 1. The van der Waals surface area contributed by atoms with E-state index in [-0.39, 0.29) is 17.7 Å². The van der Waals surface area contributed by atoms with Gasteiger partial charge in [-0.2, -0.15) is 0 Å². The van der Waals surface area contributed by atoms with Crippen molar-refractivity contribution in [2.75, 3.05) is 19.0 Å². The normalized spacial score (nSPS) is 19.4. The highest BCUT2D eigenvalue weighted by Gasteiger charge is 2.23. The minimum Gasteiger partial charge on any atom is -0.494 e. The lowest BCUT2D eigenvalue weighted by Crippen LogP contribution is -2.29. The van der Waals surface area contributed by atoms with Crippen LogP contribution in [0.1, 0.15) is 6.42 Å². The van der Waals surface area contributed by atoms with E-state index < -0.39 is 5.82 Å². The first-order chi connectivity index (χ1) is 7.70. The molecule has 1 amide bonds. The molecule has 1 fully saturated rings. The fourth-order valence-corrected chi connectivity index (χ4v) is 1.68. The van der Waals surface area contributed by atoms with Gasteiger partial charge in [0.1, 0.15) is 6.04 Å². The number of nitrogens with one attached hydrogen (secondary N) is 2. The van der Waals surface area contributed by atoms with Gasteiger partial charge in [0.15, 0.2) is 11.6 Å². The van der Waals surface area contributed by atoms with Crippen LogP contribution in [0.2, 0.25) is 0 Å². The number of benzene rings is 1. The van der Waals surface area contributed by atoms with Gasteiger partial charge in [0.25, 0.3) is 0 Å². The van der Waals surface area contributed by atoms with Gasteiger partial charge in [0.05, 0.1) is 7.11 Å². The average molecular weight is 224 g/mol. The molecule has 16 heavy (non-hydrogen) atoms. The zero-order valence-electron chi connectivity index (χ0n) is 8.92. The minimum atomic E-state index is -0.413. The molecular formula is C11H13FN2O2. The molecule has 0 saturated carbocycles. The van der Waals surface area contributed by atoms with Crippen molar-refractivity contribution in [3.05, 3.63) is 24.0 Å². The Balaban J connectivity index is 2.12. The molecule has 0 radical (unpaired) electrons. The van der Waals surface area contributed by atoms with Crippen LogP contribution in [0.15, 0.2) is 18.2 Å². The van der Waals surface area contributed by atoms with Crippen LogP contribution < -0.4 is 15.4 Å². The number of carbonyl (C=O) groups is 1. The Labute approximate surface area is 92.8 Å². The second kappa shape index (κ2) is 4.38. The van der Waals surface area contributed by atoms with Crippen molar-refractivity contribution >= 4 is 11.6 Å². The largest absolute Gasteiger partial charge is 0.494 e. The Morgan fingerprint density at radius 3 is 3.00 bits per heavy atom. The first-order valence-corrected chi connectivity index (χ1v) is 5.08. The zero-order valence-corrected chi connectivity index (χ0v) is 8.92. The maximum Gasteiger partial charge on any atom is 0.242 e. The first-order valence-electron chi connectivity index (χ1n) is 5.08. The van der Waals surface area contributed by atoms with Gasteiger partial charge in [-0.3, -0.25) is 4.79 Å². The van der Waals surface area contributed by atoms with Crippen LogP contribution in [0.25, 0.3) is 0 Å². The summed E-state index contributed by atoms with van der Waals surface area (Å²) in [5.41, 5.74) is 0.681. The van der Waals surface area contributed by atoms with E-state index in [4.69, 9.17) is 4.74 Å². The lowest BCUT2D eigenvalue weighted by atomic mass is 10.2. The van der Waals surface area contributed by atoms with Crippen molar-refractivity contribution in [3.63, 3.8) is 0 Å². The third kappa shape index (κ3) is 2.08. The molecule has 5 heteroatoms. The summed E-state index contributed by atoms with van der Waals surface area (Å²) >= 11 is 0. The van der Waals surface area contributed by atoms with Gasteiger partial charge in [-0.05, 0) is 18.6 Å². The Morgan fingerprint density at radius 1 is 1.56 bits per heavy atom. The van der Waals surface area contributed by atoms with Gasteiger partial charge in [0.2, 0.25) is 5.91 Å². The van der Waals surface area contributed by atoms with Crippen LogP contribution in [0.5, 0.6) is 5.75 Å². The van der Waals surface area contributed by atoms with Gasteiger partial charge in [-0.25, -0.2) is 4.39 Å². The Morgan fingerprint density at radius 2 is 2.38 bits per heavy atom. The number of hydrogen-bond donors (Lipinski definition) is 2. The number of rotatable bonds is 3. The quantitative estimate of drug-likeness (QED) is 0.809.